The first-order valence-corrected chi connectivity index (χ1v) is 7.31. The van der Waals surface area contributed by atoms with Crippen molar-refractivity contribution in [2.75, 3.05) is 6.61 Å². The minimum Gasteiger partial charge on any atom is -0.348 e. The number of rotatable bonds is 3. The molecular formula is C16H19NO2S. The monoisotopic (exact) mass is 289 g/mol. The minimum atomic E-state index is -0.465. The van der Waals surface area contributed by atoms with Crippen LogP contribution >= 0.6 is 12.6 Å². The molecule has 1 fully saturated rings. The van der Waals surface area contributed by atoms with Gasteiger partial charge in [0, 0.05) is 17.1 Å². The fourth-order valence-corrected chi connectivity index (χ4v) is 2.87. The molecule has 3 nitrogen and oxygen atoms in total. The van der Waals surface area contributed by atoms with Crippen LogP contribution in [0, 0.1) is 0 Å². The summed E-state index contributed by atoms with van der Waals surface area (Å²) in [4.78, 5) is 0. The molecule has 0 aliphatic carbocycles. The van der Waals surface area contributed by atoms with Gasteiger partial charge in [0.25, 0.3) is 0 Å². The molecule has 1 unspecified atom stereocenters. The molecule has 1 aliphatic rings. The van der Waals surface area contributed by atoms with Gasteiger partial charge in [-0.3, -0.25) is 0 Å². The van der Waals surface area contributed by atoms with E-state index in [0.717, 1.165) is 6.54 Å². The summed E-state index contributed by atoms with van der Waals surface area (Å²) in [5.74, 6) is -0.465. The fraction of sp³-hybridized carbons (Fsp3) is 0.375. The highest BCUT2D eigenvalue weighted by atomic mass is 32.1. The second-order valence-electron chi connectivity index (χ2n) is 5.51. The zero-order chi connectivity index (χ0) is 14.2. The molecule has 106 valence electrons. The standard InChI is InChI=1S/C16H19NO2S/c1-16(2)18-11-13(19-16)10-17-8-6-14-12(7-9-20)4-3-5-15(14)17/h3-9,13,20H,10-11H2,1-2H3/b9-7+. The smallest absolute Gasteiger partial charge is 0.163 e. The summed E-state index contributed by atoms with van der Waals surface area (Å²) in [5.41, 5.74) is 2.39. The average Bonchev–Trinajstić information content (AvgIpc) is 2.95. The molecule has 1 atom stereocenters. The highest BCUT2D eigenvalue weighted by Gasteiger charge is 2.32. The first kappa shape index (κ1) is 13.7. The minimum absolute atomic E-state index is 0.102. The van der Waals surface area contributed by atoms with Gasteiger partial charge in [-0.1, -0.05) is 12.1 Å². The predicted octanol–water partition coefficient (Wildman–Crippen LogP) is 3.69. The topological polar surface area (TPSA) is 23.4 Å². The molecule has 1 aromatic heterocycles. The molecule has 0 bridgehead atoms. The second-order valence-corrected chi connectivity index (χ2v) is 5.81. The van der Waals surface area contributed by atoms with Crippen molar-refractivity contribution in [1.82, 2.24) is 4.57 Å². The van der Waals surface area contributed by atoms with Gasteiger partial charge in [0.1, 0.15) is 6.10 Å². The van der Waals surface area contributed by atoms with Crippen LogP contribution in [0.15, 0.2) is 35.9 Å². The summed E-state index contributed by atoms with van der Waals surface area (Å²) in [5, 5.41) is 3.00. The Kier molecular flexibility index (Phi) is 3.63. The molecule has 1 saturated heterocycles. The zero-order valence-electron chi connectivity index (χ0n) is 11.7. The van der Waals surface area contributed by atoms with Crippen molar-refractivity contribution in [3.8, 4) is 0 Å². The average molecular weight is 289 g/mol. The van der Waals surface area contributed by atoms with Gasteiger partial charge < -0.3 is 14.0 Å². The molecule has 1 aliphatic heterocycles. The van der Waals surface area contributed by atoms with Crippen molar-refractivity contribution >= 4 is 29.6 Å². The van der Waals surface area contributed by atoms with Crippen molar-refractivity contribution < 1.29 is 9.47 Å². The van der Waals surface area contributed by atoms with E-state index in [-0.39, 0.29) is 6.10 Å². The quantitative estimate of drug-likeness (QED) is 0.871. The molecule has 0 amide bonds. The lowest BCUT2D eigenvalue weighted by Crippen LogP contribution is -2.23. The summed E-state index contributed by atoms with van der Waals surface area (Å²) >= 11 is 4.15. The summed E-state index contributed by atoms with van der Waals surface area (Å²) in [6.45, 7) is 5.36. The summed E-state index contributed by atoms with van der Waals surface area (Å²) in [6, 6.07) is 8.43. The van der Waals surface area contributed by atoms with Crippen LogP contribution in [-0.2, 0) is 16.0 Å². The number of nitrogens with zero attached hydrogens (tertiary/aromatic N) is 1. The highest BCUT2D eigenvalue weighted by Crippen LogP contribution is 2.26. The first-order valence-electron chi connectivity index (χ1n) is 6.79. The van der Waals surface area contributed by atoms with Crippen LogP contribution in [0.2, 0.25) is 0 Å². The first-order chi connectivity index (χ1) is 9.59. The zero-order valence-corrected chi connectivity index (χ0v) is 12.6. The van der Waals surface area contributed by atoms with E-state index in [1.807, 2.05) is 19.9 Å². The molecule has 0 radical (unpaired) electrons. The maximum Gasteiger partial charge on any atom is 0.163 e. The fourth-order valence-electron chi connectivity index (χ4n) is 2.70. The van der Waals surface area contributed by atoms with Crippen LogP contribution in [0.3, 0.4) is 0 Å². The lowest BCUT2D eigenvalue weighted by atomic mass is 10.1. The Morgan fingerprint density at radius 2 is 2.25 bits per heavy atom. The Balaban J connectivity index is 1.88. The molecule has 1 aromatic carbocycles. The normalized spacial score (nSPS) is 22.1. The molecule has 4 heteroatoms. The number of thiol groups is 1. The number of benzene rings is 1. The van der Waals surface area contributed by atoms with E-state index in [2.05, 4.69) is 47.7 Å². The van der Waals surface area contributed by atoms with E-state index in [9.17, 15) is 0 Å². The van der Waals surface area contributed by atoms with E-state index in [0.29, 0.717) is 6.61 Å². The van der Waals surface area contributed by atoms with E-state index in [4.69, 9.17) is 9.47 Å². The summed E-state index contributed by atoms with van der Waals surface area (Å²) in [7, 11) is 0. The third-order valence-corrected chi connectivity index (χ3v) is 3.72. The van der Waals surface area contributed by atoms with Crippen LogP contribution < -0.4 is 0 Å². The van der Waals surface area contributed by atoms with Gasteiger partial charge in [-0.15, -0.1) is 0 Å². The predicted molar refractivity (Wildman–Crippen MR) is 84.9 cm³/mol. The van der Waals surface area contributed by atoms with Gasteiger partial charge >= 0.3 is 0 Å². The molecule has 0 spiro atoms. The van der Waals surface area contributed by atoms with Crippen LogP contribution in [0.1, 0.15) is 19.4 Å². The Hall–Kier alpha value is -1.23. The Labute approximate surface area is 124 Å². The van der Waals surface area contributed by atoms with Crippen molar-refractivity contribution in [2.45, 2.75) is 32.3 Å². The molecular weight excluding hydrogens is 270 g/mol. The Bertz CT molecular complexity index is 645. The number of hydrogen-bond donors (Lipinski definition) is 1. The van der Waals surface area contributed by atoms with Crippen LogP contribution in [-0.4, -0.2) is 23.1 Å². The van der Waals surface area contributed by atoms with Crippen molar-refractivity contribution in [1.29, 1.82) is 0 Å². The van der Waals surface area contributed by atoms with Crippen molar-refractivity contribution in [2.24, 2.45) is 0 Å². The number of ether oxygens (including phenoxy) is 2. The molecule has 0 saturated carbocycles. The molecule has 3 rings (SSSR count). The number of hydrogen-bond acceptors (Lipinski definition) is 3. The molecule has 2 aromatic rings. The molecule has 2 heterocycles. The van der Waals surface area contributed by atoms with E-state index < -0.39 is 5.79 Å². The van der Waals surface area contributed by atoms with E-state index in [1.165, 1.54) is 16.5 Å². The lowest BCUT2D eigenvalue weighted by molar-refractivity contribution is -0.139. The number of fused-ring (bicyclic) bond motifs is 1. The molecule has 20 heavy (non-hydrogen) atoms. The maximum atomic E-state index is 5.88. The van der Waals surface area contributed by atoms with Gasteiger partial charge in [0.15, 0.2) is 5.79 Å². The third-order valence-electron chi connectivity index (χ3n) is 3.57. The van der Waals surface area contributed by atoms with Crippen LogP contribution in [0.4, 0.5) is 0 Å². The third kappa shape index (κ3) is 2.64. The summed E-state index contributed by atoms with van der Waals surface area (Å²) in [6.07, 6.45) is 4.22. The molecule has 0 N–H and O–H groups in total. The number of aromatic nitrogens is 1. The largest absolute Gasteiger partial charge is 0.348 e. The maximum absolute atomic E-state index is 5.88. The van der Waals surface area contributed by atoms with Crippen molar-refractivity contribution in [3.63, 3.8) is 0 Å². The van der Waals surface area contributed by atoms with E-state index in [1.54, 1.807) is 5.41 Å². The van der Waals surface area contributed by atoms with Gasteiger partial charge in [0.2, 0.25) is 0 Å². The van der Waals surface area contributed by atoms with Gasteiger partial charge in [-0.2, -0.15) is 12.6 Å². The van der Waals surface area contributed by atoms with Crippen LogP contribution in [0.5, 0.6) is 0 Å². The highest BCUT2D eigenvalue weighted by molar-refractivity contribution is 7.83. The van der Waals surface area contributed by atoms with Crippen LogP contribution in [0.25, 0.3) is 17.0 Å². The lowest BCUT2D eigenvalue weighted by Gasteiger charge is -2.17. The summed E-state index contributed by atoms with van der Waals surface area (Å²) < 4.78 is 13.7. The Morgan fingerprint density at radius 3 is 2.95 bits per heavy atom. The Morgan fingerprint density at radius 1 is 1.40 bits per heavy atom. The SMILES string of the molecule is CC1(C)OCC(Cn2ccc3c(/C=C/S)cccc32)O1. The van der Waals surface area contributed by atoms with E-state index >= 15 is 0 Å². The van der Waals surface area contributed by atoms with Gasteiger partial charge in [-0.25, -0.2) is 0 Å². The van der Waals surface area contributed by atoms with Gasteiger partial charge in [-0.05, 0) is 43.0 Å². The second kappa shape index (κ2) is 5.28. The van der Waals surface area contributed by atoms with Crippen molar-refractivity contribution in [3.05, 3.63) is 41.4 Å². The van der Waals surface area contributed by atoms with Gasteiger partial charge in [0.05, 0.1) is 13.2 Å².